The summed E-state index contributed by atoms with van der Waals surface area (Å²) in [7, 11) is 0. The lowest BCUT2D eigenvalue weighted by Gasteiger charge is -2.12. The molecule has 1 aromatic heterocycles. The maximum absolute atomic E-state index is 12.6. The van der Waals surface area contributed by atoms with E-state index in [2.05, 4.69) is 54.1 Å². The minimum absolute atomic E-state index is 0.0947. The van der Waals surface area contributed by atoms with Crippen LogP contribution in [0.25, 0.3) is 11.0 Å². The summed E-state index contributed by atoms with van der Waals surface area (Å²) in [5.74, 6) is 2.21. The van der Waals surface area contributed by atoms with Gasteiger partial charge >= 0.3 is 0 Å². The fraction of sp³-hybridized carbons (Fsp3) is 0.310. The molecule has 5 heteroatoms. The van der Waals surface area contributed by atoms with E-state index in [1.165, 1.54) is 5.56 Å². The average molecular weight is 456 g/mol. The van der Waals surface area contributed by atoms with Gasteiger partial charge in [0.05, 0.1) is 24.2 Å². The molecule has 0 aliphatic carbocycles. The number of fused-ring (bicyclic) bond motifs is 1. The van der Waals surface area contributed by atoms with Crippen LogP contribution >= 0.6 is 0 Å². The summed E-state index contributed by atoms with van der Waals surface area (Å²) in [6, 6.07) is 24.1. The molecular formula is C29H33N3O2. The van der Waals surface area contributed by atoms with Crippen molar-refractivity contribution in [3.63, 3.8) is 0 Å². The maximum Gasteiger partial charge on any atom is 0.251 e. The molecule has 0 radical (unpaired) electrons. The first-order valence-corrected chi connectivity index (χ1v) is 12.1. The zero-order chi connectivity index (χ0) is 23.9. The summed E-state index contributed by atoms with van der Waals surface area (Å²) in [5.41, 5.74) is 5.13. The van der Waals surface area contributed by atoms with E-state index in [0.717, 1.165) is 47.6 Å². The van der Waals surface area contributed by atoms with E-state index in [9.17, 15) is 4.79 Å². The number of benzene rings is 3. The number of hydrogen-bond acceptors (Lipinski definition) is 3. The number of aromatic nitrogens is 2. The highest BCUT2D eigenvalue weighted by molar-refractivity contribution is 5.94. The summed E-state index contributed by atoms with van der Waals surface area (Å²) < 4.78 is 8.17. The summed E-state index contributed by atoms with van der Waals surface area (Å²) >= 11 is 0. The van der Waals surface area contributed by atoms with Crippen LogP contribution in [0, 0.1) is 6.92 Å². The molecule has 0 bridgehead atoms. The van der Waals surface area contributed by atoms with E-state index < -0.39 is 0 Å². The van der Waals surface area contributed by atoms with Gasteiger partial charge in [0.25, 0.3) is 5.91 Å². The topological polar surface area (TPSA) is 56.1 Å². The van der Waals surface area contributed by atoms with E-state index in [1.807, 2.05) is 49.4 Å². The van der Waals surface area contributed by atoms with Crippen LogP contribution in [0.1, 0.15) is 59.9 Å². The highest BCUT2D eigenvalue weighted by atomic mass is 16.5. The number of ether oxygens (including phenoxy) is 1. The van der Waals surface area contributed by atoms with Crippen molar-refractivity contribution in [3.8, 4) is 5.75 Å². The van der Waals surface area contributed by atoms with Crippen molar-refractivity contribution in [2.75, 3.05) is 6.61 Å². The first-order valence-electron chi connectivity index (χ1n) is 12.1. The summed E-state index contributed by atoms with van der Waals surface area (Å²) in [4.78, 5) is 17.4. The van der Waals surface area contributed by atoms with Gasteiger partial charge in [0, 0.05) is 12.1 Å². The number of carbonyl (C=O) groups excluding carboxylic acids is 1. The number of aryl methyl sites for hydroxylation is 2. The fourth-order valence-corrected chi connectivity index (χ4v) is 4.02. The smallest absolute Gasteiger partial charge is 0.251 e. The highest BCUT2D eigenvalue weighted by Crippen LogP contribution is 2.22. The van der Waals surface area contributed by atoms with Crippen molar-refractivity contribution in [2.24, 2.45) is 0 Å². The molecule has 1 atom stereocenters. The van der Waals surface area contributed by atoms with Crippen LogP contribution in [0.2, 0.25) is 0 Å². The zero-order valence-corrected chi connectivity index (χ0v) is 20.3. The molecule has 0 aliphatic heterocycles. The lowest BCUT2D eigenvalue weighted by molar-refractivity contribution is 0.0949. The third-order valence-corrected chi connectivity index (χ3v) is 6.31. The van der Waals surface area contributed by atoms with E-state index in [0.29, 0.717) is 24.6 Å². The Bertz CT molecular complexity index is 1230. The molecule has 4 rings (SSSR count). The predicted molar refractivity (Wildman–Crippen MR) is 137 cm³/mol. The normalized spacial score (nSPS) is 12.0. The number of para-hydroxylation sites is 2. The molecule has 0 aliphatic rings. The van der Waals surface area contributed by atoms with Gasteiger partial charge in [-0.2, -0.15) is 0 Å². The van der Waals surface area contributed by atoms with Gasteiger partial charge < -0.3 is 14.6 Å². The molecule has 0 spiro atoms. The number of rotatable bonds is 10. The van der Waals surface area contributed by atoms with Crippen LogP contribution in [0.15, 0.2) is 72.8 Å². The van der Waals surface area contributed by atoms with Crippen molar-refractivity contribution in [1.82, 2.24) is 14.9 Å². The second-order valence-corrected chi connectivity index (χ2v) is 8.80. The van der Waals surface area contributed by atoms with Crippen molar-refractivity contribution in [3.05, 3.63) is 95.3 Å². The Hall–Kier alpha value is -3.60. The van der Waals surface area contributed by atoms with Crippen molar-refractivity contribution in [2.45, 2.75) is 52.6 Å². The van der Waals surface area contributed by atoms with Crippen LogP contribution in [0.5, 0.6) is 5.75 Å². The standard InChI is InChI=1S/C29H33N3O2/c1-4-22(3)23-14-16-25(17-15-23)34-19-7-18-32-27-9-6-5-8-26(27)31-28(32)20-30-29(33)24-12-10-21(2)11-13-24/h5-6,8-17,22H,4,7,18-20H2,1-3H3,(H,30,33). The lowest BCUT2D eigenvalue weighted by Crippen LogP contribution is -2.25. The van der Waals surface area contributed by atoms with Gasteiger partial charge in [0.2, 0.25) is 0 Å². The van der Waals surface area contributed by atoms with Gasteiger partial charge in [-0.1, -0.05) is 55.8 Å². The van der Waals surface area contributed by atoms with Crippen molar-refractivity contribution in [1.29, 1.82) is 0 Å². The van der Waals surface area contributed by atoms with Gasteiger partial charge in [0.15, 0.2) is 0 Å². The zero-order valence-electron chi connectivity index (χ0n) is 20.3. The van der Waals surface area contributed by atoms with Crippen LogP contribution in [-0.4, -0.2) is 22.1 Å². The number of amides is 1. The molecule has 0 saturated carbocycles. The summed E-state index contributed by atoms with van der Waals surface area (Å²) in [5, 5.41) is 3.02. The molecule has 1 N–H and O–H groups in total. The molecule has 1 heterocycles. The summed E-state index contributed by atoms with van der Waals surface area (Å²) in [6.07, 6.45) is 1.97. The molecule has 0 saturated heterocycles. The monoisotopic (exact) mass is 455 g/mol. The lowest BCUT2D eigenvalue weighted by atomic mass is 9.99. The quantitative estimate of drug-likeness (QED) is 0.287. The molecule has 176 valence electrons. The predicted octanol–water partition coefficient (Wildman–Crippen LogP) is 6.26. The third kappa shape index (κ3) is 5.66. The van der Waals surface area contributed by atoms with Gasteiger partial charge in [-0.3, -0.25) is 4.79 Å². The molecule has 0 fully saturated rings. The van der Waals surface area contributed by atoms with Crippen LogP contribution in [0.4, 0.5) is 0 Å². The minimum atomic E-state index is -0.0947. The molecule has 1 unspecified atom stereocenters. The molecule has 4 aromatic rings. The first kappa shape index (κ1) is 23.6. The van der Waals surface area contributed by atoms with Crippen molar-refractivity contribution >= 4 is 16.9 Å². The molecule has 5 nitrogen and oxygen atoms in total. The van der Waals surface area contributed by atoms with Crippen LogP contribution in [0.3, 0.4) is 0 Å². The van der Waals surface area contributed by atoms with Crippen LogP contribution < -0.4 is 10.1 Å². The first-order chi connectivity index (χ1) is 16.5. The van der Waals surface area contributed by atoms with E-state index in [1.54, 1.807) is 0 Å². The van der Waals surface area contributed by atoms with Gasteiger partial charge in [0.1, 0.15) is 11.6 Å². The summed E-state index contributed by atoms with van der Waals surface area (Å²) in [6.45, 7) is 8.21. The van der Waals surface area contributed by atoms with Crippen LogP contribution in [-0.2, 0) is 13.1 Å². The number of carbonyl (C=O) groups is 1. The number of hydrogen-bond donors (Lipinski definition) is 1. The van der Waals surface area contributed by atoms with Gasteiger partial charge in [-0.25, -0.2) is 4.98 Å². The van der Waals surface area contributed by atoms with Gasteiger partial charge in [-0.05, 0) is 67.6 Å². The Kier molecular flexibility index (Phi) is 7.63. The average Bonchev–Trinajstić information content (AvgIpc) is 3.23. The maximum atomic E-state index is 12.6. The highest BCUT2D eigenvalue weighted by Gasteiger charge is 2.12. The second kappa shape index (κ2) is 11.0. The van der Waals surface area contributed by atoms with E-state index >= 15 is 0 Å². The molecule has 1 amide bonds. The largest absolute Gasteiger partial charge is 0.494 e. The Morgan fingerprint density at radius 1 is 1.03 bits per heavy atom. The molecule has 3 aromatic carbocycles. The third-order valence-electron chi connectivity index (χ3n) is 6.31. The SMILES string of the molecule is CCC(C)c1ccc(OCCCn2c(CNC(=O)c3ccc(C)cc3)nc3ccccc32)cc1. The molecule has 34 heavy (non-hydrogen) atoms. The number of nitrogens with one attached hydrogen (secondary N) is 1. The Morgan fingerprint density at radius 2 is 1.76 bits per heavy atom. The fourth-order valence-electron chi connectivity index (χ4n) is 4.02. The Morgan fingerprint density at radius 3 is 2.50 bits per heavy atom. The Balaban J connectivity index is 1.38. The minimum Gasteiger partial charge on any atom is -0.494 e. The van der Waals surface area contributed by atoms with E-state index in [-0.39, 0.29) is 5.91 Å². The Labute approximate surface area is 201 Å². The second-order valence-electron chi connectivity index (χ2n) is 8.80. The number of imidazole rings is 1. The number of nitrogens with zero attached hydrogens (tertiary/aromatic N) is 2. The van der Waals surface area contributed by atoms with E-state index in [4.69, 9.17) is 9.72 Å². The van der Waals surface area contributed by atoms with Crippen molar-refractivity contribution < 1.29 is 9.53 Å². The van der Waals surface area contributed by atoms with Gasteiger partial charge in [-0.15, -0.1) is 0 Å². The molecular weight excluding hydrogens is 422 g/mol.